The summed E-state index contributed by atoms with van der Waals surface area (Å²) in [5.74, 6) is -0.0367. The highest BCUT2D eigenvalue weighted by Crippen LogP contribution is 2.23. The van der Waals surface area contributed by atoms with Gasteiger partial charge in [-0.3, -0.25) is 9.69 Å². The average Bonchev–Trinajstić information content (AvgIpc) is 2.31. The summed E-state index contributed by atoms with van der Waals surface area (Å²) in [5, 5.41) is 0. The first-order chi connectivity index (χ1) is 7.74. The quantitative estimate of drug-likeness (QED) is 0.676. The molecule has 1 heterocycles. The van der Waals surface area contributed by atoms with Gasteiger partial charge >= 0.3 is 5.97 Å². The minimum absolute atomic E-state index is 0.0230. The Balaban J connectivity index is 2.65. The summed E-state index contributed by atoms with van der Waals surface area (Å²) in [6.45, 7) is 7.69. The van der Waals surface area contributed by atoms with Crippen LogP contribution in [-0.4, -0.2) is 36.1 Å². The Hall–Kier alpha value is -0.570. The van der Waals surface area contributed by atoms with Crippen LogP contribution >= 0.6 is 0 Å². The van der Waals surface area contributed by atoms with Gasteiger partial charge in [0.25, 0.3) is 0 Å². The fourth-order valence-electron chi connectivity index (χ4n) is 2.65. The molecular formula is C13H25NO2. The molecule has 1 fully saturated rings. The van der Waals surface area contributed by atoms with Crippen LogP contribution in [0.3, 0.4) is 0 Å². The molecule has 3 nitrogen and oxygen atoms in total. The maximum atomic E-state index is 11.9. The average molecular weight is 227 g/mol. The van der Waals surface area contributed by atoms with Gasteiger partial charge in [-0.05, 0) is 39.2 Å². The number of carbonyl (C=O) groups excluding carboxylic acids is 1. The van der Waals surface area contributed by atoms with Crippen LogP contribution < -0.4 is 0 Å². The van der Waals surface area contributed by atoms with Crippen LogP contribution in [0.4, 0.5) is 0 Å². The monoisotopic (exact) mass is 227 g/mol. The first-order valence-corrected chi connectivity index (χ1v) is 6.66. The Morgan fingerprint density at radius 2 is 2.12 bits per heavy atom. The third-order valence-corrected chi connectivity index (χ3v) is 3.49. The molecule has 2 atom stereocenters. The second kappa shape index (κ2) is 6.89. The predicted molar refractivity (Wildman–Crippen MR) is 65.3 cm³/mol. The second-order valence-electron chi connectivity index (χ2n) is 4.47. The molecular weight excluding hydrogens is 202 g/mol. The minimum Gasteiger partial charge on any atom is -0.465 e. The summed E-state index contributed by atoms with van der Waals surface area (Å²) in [4.78, 5) is 14.2. The number of ether oxygens (including phenoxy) is 1. The van der Waals surface area contributed by atoms with Crippen LogP contribution in [0.1, 0.15) is 52.9 Å². The van der Waals surface area contributed by atoms with E-state index in [4.69, 9.17) is 4.74 Å². The Morgan fingerprint density at radius 1 is 1.38 bits per heavy atom. The summed E-state index contributed by atoms with van der Waals surface area (Å²) >= 11 is 0. The van der Waals surface area contributed by atoms with Crippen LogP contribution in [0.25, 0.3) is 0 Å². The summed E-state index contributed by atoms with van der Waals surface area (Å²) < 4.78 is 5.16. The summed E-state index contributed by atoms with van der Waals surface area (Å²) in [6.07, 6.45) is 5.73. The number of piperidine rings is 1. The first kappa shape index (κ1) is 13.5. The molecule has 0 saturated carbocycles. The van der Waals surface area contributed by atoms with Gasteiger partial charge in [0, 0.05) is 6.04 Å². The lowest BCUT2D eigenvalue weighted by molar-refractivity contribution is -0.151. The van der Waals surface area contributed by atoms with Crippen LogP contribution in [0.2, 0.25) is 0 Å². The molecule has 0 aromatic heterocycles. The fraction of sp³-hybridized carbons (Fsp3) is 0.923. The molecule has 0 radical (unpaired) electrons. The SMILES string of the molecule is CCOC(=O)C(CC)N1CCCCC1CC. The van der Waals surface area contributed by atoms with E-state index in [0.29, 0.717) is 12.6 Å². The highest BCUT2D eigenvalue weighted by Gasteiger charge is 2.31. The fourth-order valence-corrected chi connectivity index (χ4v) is 2.65. The molecule has 16 heavy (non-hydrogen) atoms. The number of hydrogen-bond acceptors (Lipinski definition) is 3. The molecule has 0 aromatic rings. The van der Waals surface area contributed by atoms with Crippen molar-refractivity contribution < 1.29 is 9.53 Å². The highest BCUT2D eigenvalue weighted by atomic mass is 16.5. The van der Waals surface area contributed by atoms with Crippen molar-refractivity contribution in [1.29, 1.82) is 0 Å². The summed E-state index contributed by atoms with van der Waals surface area (Å²) in [7, 11) is 0. The Labute approximate surface area is 99.1 Å². The van der Waals surface area contributed by atoms with Crippen molar-refractivity contribution in [2.24, 2.45) is 0 Å². The van der Waals surface area contributed by atoms with Gasteiger partial charge in [-0.2, -0.15) is 0 Å². The van der Waals surface area contributed by atoms with Gasteiger partial charge in [-0.15, -0.1) is 0 Å². The van der Waals surface area contributed by atoms with Gasteiger partial charge in [0.15, 0.2) is 0 Å². The maximum absolute atomic E-state index is 11.9. The van der Waals surface area contributed by atoms with Crippen molar-refractivity contribution in [3.63, 3.8) is 0 Å². The lowest BCUT2D eigenvalue weighted by Gasteiger charge is -2.39. The number of nitrogens with zero attached hydrogens (tertiary/aromatic N) is 1. The zero-order chi connectivity index (χ0) is 12.0. The molecule has 1 aliphatic rings. The molecule has 0 N–H and O–H groups in total. The number of carbonyl (C=O) groups is 1. The molecule has 94 valence electrons. The standard InChI is InChI=1S/C13H25NO2/c1-4-11-9-7-8-10-14(11)12(5-2)13(15)16-6-3/h11-12H,4-10H2,1-3H3. The Bertz CT molecular complexity index is 218. The molecule has 0 aliphatic carbocycles. The smallest absolute Gasteiger partial charge is 0.323 e. The molecule has 0 bridgehead atoms. The molecule has 1 aliphatic heterocycles. The molecule has 0 aromatic carbocycles. The zero-order valence-corrected chi connectivity index (χ0v) is 10.9. The number of rotatable bonds is 5. The van der Waals surface area contributed by atoms with Crippen LogP contribution in [0.5, 0.6) is 0 Å². The predicted octanol–water partition coefficient (Wildman–Crippen LogP) is 2.59. The molecule has 1 saturated heterocycles. The molecule has 0 amide bonds. The number of esters is 1. The van der Waals surface area contributed by atoms with Crippen LogP contribution in [0, 0.1) is 0 Å². The molecule has 1 rings (SSSR count). The largest absolute Gasteiger partial charge is 0.465 e. The van der Waals surface area contributed by atoms with Gasteiger partial charge in [0.1, 0.15) is 6.04 Å². The van der Waals surface area contributed by atoms with Crippen molar-refractivity contribution in [1.82, 2.24) is 4.90 Å². The van der Waals surface area contributed by atoms with Gasteiger partial charge < -0.3 is 4.74 Å². The van der Waals surface area contributed by atoms with E-state index < -0.39 is 0 Å². The van der Waals surface area contributed by atoms with Gasteiger partial charge in [-0.25, -0.2) is 0 Å². The van der Waals surface area contributed by atoms with Crippen LogP contribution in [0.15, 0.2) is 0 Å². The first-order valence-electron chi connectivity index (χ1n) is 6.66. The Morgan fingerprint density at radius 3 is 2.69 bits per heavy atom. The Kier molecular flexibility index (Phi) is 5.81. The van der Waals surface area contributed by atoms with E-state index in [0.717, 1.165) is 19.4 Å². The van der Waals surface area contributed by atoms with Crippen molar-refractivity contribution >= 4 is 5.97 Å². The maximum Gasteiger partial charge on any atom is 0.323 e. The number of likely N-dealkylation sites (tertiary alicyclic amines) is 1. The van der Waals surface area contributed by atoms with E-state index in [1.807, 2.05) is 6.92 Å². The topological polar surface area (TPSA) is 29.5 Å². The molecule has 0 spiro atoms. The van der Waals surface area contributed by atoms with E-state index in [1.165, 1.54) is 19.3 Å². The van der Waals surface area contributed by atoms with E-state index in [-0.39, 0.29) is 12.0 Å². The van der Waals surface area contributed by atoms with Crippen LogP contribution in [-0.2, 0) is 9.53 Å². The molecule has 2 unspecified atom stereocenters. The van der Waals surface area contributed by atoms with Gasteiger partial charge in [0.05, 0.1) is 6.61 Å². The summed E-state index contributed by atoms with van der Waals surface area (Å²) in [6, 6.07) is 0.549. The third-order valence-electron chi connectivity index (χ3n) is 3.49. The lowest BCUT2D eigenvalue weighted by Crippen LogP contribution is -2.49. The van der Waals surface area contributed by atoms with Crippen molar-refractivity contribution in [2.45, 2.75) is 65.0 Å². The zero-order valence-electron chi connectivity index (χ0n) is 10.9. The lowest BCUT2D eigenvalue weighted by atomic mass is 9.97. The van der Waals surface area contributed by atoms with Crippen molar-refractivity contribution in [3.8, 4) is 0 Å². The third kappa shape index (κ3) is 3.21. The van der Waals surface area contributed by atoms with Crippen molar-refractivity contribution in [3.05, 3.63) is 0 Å². The van der Waals surface area contributed by atoms with Gasteiger partial charge in [-0.1, -0.05) is 20.3 Å². The van der Waals surface area contributed by atoms with Gasteiger partial charge in [0.2, 0.25) is 0 Å². The van der Waals surface area contributed by atoms with Crippen molar-refractivity contribution in [2.75, 3.05) is 13.2 Å². The van der Waals surface area contributed by atoms with E-state index >= 15 is 0 Å². The summed E-state index contributed by atoms with van der Waals surface area (Å²) in [5.41, 5.74) is 0. The normalized spacial score (nSPS) is 24.1. The second-order valence-corrected chi connectivity index (χ2v) is 4.47. The molecule has 3 heteroatoms. The van der Waals surface area contributed by atoms with E-state index in [2.05, 4.69) is 18.7 Å². The van der Waals surface area contributed by atoms with E-state index in [1.54, 1.807) is 0 Å². The minimum atomic E-state index is -0.0367. The van der Waals surface area contributed by atoms with E-state index in [9.17, 15) is 4.79 Å². The highest BCUT2D eigenvalue weighted by molar-refractivity contribution is 5.75. The number of hydrogen-bond donors (Lipinski definition) is 0.